The number of carbonyl (C=O) groups excluding carboxylic acids is 1. The number of hydrogen-bond acceptors (Lipinski definition) is 2. The standard InChI is InChI=1S/C13H17NO2/c15-10-4-3-8-14-9-7-11-5-1-2-6-12(11)13(14)16/h1-2,5-6,15H,3-4,7-10H2. The van der Waals surface area contributed by atoms with Gasteiger partial charge in [-0.05, 0) is 30.9 Å². The maximum atomic E-state index is 12.1. The van der Waals surface area contributed by atoms with Crippen LogP contribution in [0.4, 0.5) is 0 Å². The van der Waals surface area contributed by atoms with Crippen molar-refractivity contribution in [2.75, 3.05) is 19.7 Å². The molecular formula is C13H17NO2. The van der Waals surface area contributed by atoms with E-state index in [-0.39, 0.29) is 12.5 Å². The molecule has 1 aromatic carbocycles. The molecule has 0 saturated carbocycles. The molecule has 0 fully saturated rings. The summed E-state index contributed by atoms with van der Waals surface area (Å²) in [5.41, 5.74) is 2.00. The van der Waals surface area contributed by atoms with E-state index in [2.05, 4.69) is 0 Å². The van der Waals surface area contributed by atoms with E-state index in [0.717, 1.165) is 43.5 Å². The molecule has 0 saturated heterocycles. The highest BCUT2D eigenvalue weighted by Crippen LogP contribution is 2.18. The molecule has 3 nitrogen and oxygen atoms in total. The van der Waals surface area contributed by atoms with E-state index in [1.807, 2.05) is 29.2 Å². The first-order valence-electron chi connectivity index (χ1n) is 5.81. The number of aliphatic hydroxyl groups is 1. The van der Waals surface area contributed by atoms with Crippen LogP contribution in [-0.2, 0) is 6.42 Å². The van der Waals surface area contributed by atoms with Crippen molar-refractivity contribution in [1.82, 2.24) is 4.90 Å². The Morgan fingerprint density at radius 3 is 2.88 bits per heavy atom. The molecule has 0 bridgehead atoms. The Morgan fingerprint density at radius 2 is 2.06 bits per heavy atom. The summed E-state index contributed by atoms with van der Waals surface area (Å²) in [4.78, 5) is 14.0. The number of fused-ring (bicyclic) bond motifs is 1. The lowest BCUT2D eigenvalue weighted by molar-refractivity contribution is 0.0734. The predicted octanol–water partition coefficient (Wildman–Crippen LogP) is 1.46. The molecule has 3 heteroatoms. The van der Waals surface area contributed by atoms with Crippen LogP contribution in [0.3, 0.4) is 0 Å². The number of nitrogens with zero attached hydrogens (tertiary/aromatic N) is 1. The third kappa shape index (κ3) is 2.25. The smallest absolute Gasteiger partial charge is 0.254 e. The summed E-state index contributed by atoms with van der Waals surface area (Å²) in [5.74, 6) is 0.139. The molecule has 86 valence electrons. The van der Waals surface area contributed by atoms with Crippen molar-refractivity contribution in [3.8, 4) is 0 Å². The van der Waals surface area contributed by atoms with Gasteiger partial charge in [0.2, 0.25) is 0 Å². The van der Waals surface area contributed by atoms with Gasteiger partial charge in [0.15, 0.2) is 0 Å². The molecule has 0 aromatic heterocycles. The van der Waals surface area contributed by atoms with Crippen molar-refractivity contribution in [2.45, 2.75) is 19.3 Å². The van der Waals surface area contributed by atoms with E-state index >= 15 is 0 Å². The maximum Gasteiger partial charge on any atom is 0.254 e. The minimum atomic E-state index is 0.139. The van der Waals surface area contributed by atoms with Gasteiger partial charge < -0.3 is 10.0 Å². The Kier molecular flexibility index (Phi) is 3.57. The van der Waals surface area contributed by atoms with E-state index < -0.39 is 0 Å². The van der Waals surface area contributed by atoms with Gasteiger partial charge in [0.25, 0.3) is 5.91 Å². The van der Waals surface area contributed by atoms with Gasteiger partial charge in [0, 0.05) is 25.3 Å². The van der Waals surface area contributed by atoms with E-state index in [9.17, 15) is 4.79 Å². The molecule has 1 amide bonds. The zero-order valence-corrected chi connectivity index (χ0v) is 9.35. The van der Waals surface area contributed by atoms with E-state index in [1.54, 1.807) is 0 Å². The lowest BCUT2D eigenvalue weighted by Gasteiger charge is -2.28. The Morgan fingerprint density at radius 1 is 1.25 bits per heavy atom. The third-order valence-corrected chi connectivity index (χ3v) is 3.02. The van der Waals surface area contributed by atoms with Crippen molar-refractivity contribution in [2.24, 2.45) is 0 Å². The van der Waals surface area contributed by atoms with Gasteiger partial charge in [-0.3, -0.25) is 4.79 Å². The summed E-state index contributed by atoms with van der Waals surface area (Å²) in [5, 5.41) is 8.72. The number of hydrogen-bond donors (Lipinski definition) is 1. The van der Waals surface area contributed by atoms with Crippen LogP contribution < -0.4 is 0 Å². The van der Waals surface area contributed by atoms with E-state index in [1.165, 1.54) is 0 Å². The monoisotopic (exact) mass is 219 g/mol. The molecule has 1 heterocycles. The number of unbranched alkanes of at least 4 members (excludes halogenated alkanes) is 1. The van der Waals surface area contributed by atoms with Crippen molar-refractivity contribution < 1.29 is 9.90 Å². The molecule has 0 radical (unpaired) electrons. The van der Waals surface area contributed by atoms with Gasteiger partial charge in [-0.15, -0.1) is 0 Å². The topological polar surface area (TPSA) is 40.5 Å². The number of carbonyl (C=O) groups is 1. The van der Waals surface area contributed by atoms with Crippen molar-refractivity contribution >= 4 is 5.91 Å². The Hall–Kier alpha value is -1.35. The fourth-order valence-electron chi connectivity index (χ4n) is 2.10. The molecular weight excluding hydrogens is 202 g/mol. The highest BCUT2D eigenvalue weighted by molar-refractivity contribution is 5.96. The highest BCUT2D eigenvalue weighted by Gasteiger charge is 2.22. The second-order valence-corrected chi connectivity index (χ2v) is 4.13. The molecule has 0 atom stereocenters. The van der Waals surface area contributed by atoms with Gasteiger partial charge in [0.1, 0.15) is 0 Å². The van der Waals surface area contributed by atoms with Crippen LogP contribution in [0.25, 0.3) is 0 Å². The molecule has 0 unspecified atom stereocenters. The van der Waals surface area contributed by atoms with E-state index in [4.69, 9.17) is 5.11 Å². The van der Waals surface area contributed by atoms with Gasteiger partial charge in [-0.1, -0.05) is 18.2 Å². The van der Waals surface area contributed by atoms with Gasteiger partial charge in [-0.2, -0.15) is 0 Å². The first-order valence-corrected chi connectivity index (χ1v) is 5.81. The fourth-order valence-corrected chi connectivity index (χ4v) is 2.10. The van der Waals surface area contributed by atoms with Crippen LogP contribution in [0.2, 0.25) is 0 Å². The minimum absolute atomic E-state index is 0.139. The summed E-state index contributed by atoms with van der Waals surface area (Å²) in [6.07, 6.45) is 2.59. The van der Waals surface area contributed by atoms with Crippen LogP contribution in [0, 0.1) is 0 Å². The first-order chi connectivity index (χ1) is 7.83. The number of rotatable bonds is 4. The predicted molar refractivity (Wildman–Crippen MR) is 62.4 cm³/mol. The lowest BCUT2D eigenvalue weighted by atomic mass is 9.99. The van der Waals surface area contributed by atoms with Crippen LogP contribution >= 0.6 is 0 Å². The third-order valence-electron chi connectivity index (χ3n) is 3.02. The average molecular weight is 219 g/mol. The van der Waals surface area contributed by atoms with Crippen LogP contribution in [-0.4, -0.2) is 35.6 Å². The molecule has 0 aliphatic carbocycles. The second kappa shape index (κ2) is 5.12. The Balaban J connectivity index is 2.03. The Labute approximate surface area is 95.7 Å². The SMILES string of the molecule is O=C1c2ccccc2CCN1CCCCO. The summed E-state index contributed by atoms with van der Waals surface area (Å²) in [6.45, 7) is 1.77. The minimum Gasteiger partial charge on any atom is -0.396 e. The quantitative estimate of drug-likeness (QED) is 0.779. The second-order valence-electron chi connectivity index (χ2n) is 4.13. The summed E-state index contributed by atoms with van der Waals surface area (Å²) >= 11 is 0. The van der Waals surface area contributed by atoms with Gasteiger partial charge in [-0.25, -0.2) is 0 Å². The average Bonchev–Trinajstić information content (AvgIpc) is 2.33. The summed E-state index contributed by atoms with van der Waals surface area (Å²) < 4.78 is 0. The zero-order valence-electron chi connectivity index (χ0n) is 9.35. The van der Waals surface area contributed by atoms with Crippen molar-refractivity contribution in [1.29, 1.82) is 0 Å². The van der Waals surface area contributed by atoms with Crippen molar-refractivity contribution in [3.05, 3.63) is 35.4 Å². The highest BCUT2D eigenvalue weighted by atomic mass is 16.3. The van der Waals surface area contributed by atoms with E-state index in [0.29, 0.717) is 0 Å². The number of aliphatic hydroxyl groups excluding tert-OH is 1. The lowest BCUT2D eigenvalue weighted by Crippen LogP contribution is -2.38. The summed E-state index contributed by atoms with van der Waals surface area (Å²) in [7, 11) is 0. The molecule has 1 aliphatic rings. The molecule has 2 rings (SSSR count). The fraction of sp³-hybridized carbons (Fsp3) is 0.462. The normalized spacial score (nSPS) is 15.1. The van der Waals surface area contributed by atoms with Crippen LogP contribution in [0.1, 0.15) is 28.8 Å². The maximum absolute atomic E-state index is 12.1. The molecule has 1 N–H and O–H groups in total. The largest absolute Gasteiger partial charge is 0.396 e. The molecule has 16 heavy (non-hydrogen) atoms. The zero-order chi connectivity index (χ0) is 11.4. The first kappa shape index (κ1) is 11.1. The molecule has 1 aromatic rings. The van der Waals surface area contributed by atoms with Gasteiger partial charge in [0.05, 0.1) is 0 Å². The van der Waals surface area contributed by atoms with Crippen molar-refractivity contribution in [3.63, 3.8) is 0 Å². The van der Waals surface area contributed by atoms with Crippen LogP contribution in [0.5, 0.6) is 0 Å². The van der Waals surface area contributed by atoms with Gasteiger partial charge >= 0.3 is 0 Å². The molecule has 1 aliphatic heterocycles. The number of benzene rings is 1. The summed E-state index contributed by atoms with van der Waals surface area (Å²) in [6, 6.07) is 7.82. The Bertz CT molecular complexity index is 376. The number of amides is 1. The van der Waals surface area contributed by atoms with Crippen LogP contribution in [0.15, 0.2) is 24.3 Å². The molecule has 0 spiro atoms.